The normalized spacial score (nSPS) is 10.8. The van der Waals surface area contributed by atoms with Crippen molar-refractivity contribution in [1.29, 1.82) is 0 Å². The zero-order chi connectivity index (χ0) is 17.6. The maximum Gasteiger partial charge on any atom is 0.216 e. The molecule has 0 aliphatic carbocycles. The molecule has 130 valence electrons. The first-order chi connectivity index (χ1) is 12.2. The van der Waals surface area contributed by atoms with Gasteiger partial charge in [-0.15, -0.1) is 0 Å². The van der Waals surface area contributed by atoms with Gasteiger partial charge in [0.1, 0.15) is 5.75 Å². The van der Waals surface area contributed by atoms with E-state index < -0.39 is 0 Å². The Hall–Kier alpha value is -2.75. The lowest BCUT2D eigenvalue weighted by molar-refractivity contribution is -0.118. The maximum absolute atomic E-state index is 11.1. The van der Waals surface area contributed by atoms with Gasteiger partial charge in [-0.05, 0) is 42.2 Å². The molecule has 0 bridgehead atoms. The van der Waals surface area contributed by atoms with Gasteiger partial charge in [-0.3, -0.25) is 4.79 Å². The molecule has 0 aliphatic heterocycles. The van der Waals surface area contributed by atoms with Crippen molar-refractivity contribution in [3.05, 3.63) is 65.9 Å². The Balaban J connectivity index is 1.85. The Kier molecular flexibility index (Phi) is 5.39. The molecule has 1 heterocycles. The summed E-state index contributed by atoms with van der Waals surface area (Å²) in [6, 6.07) is 16.7. The highest BCUT2D eigenvalue weighted by Gasteiger charge is 2.10. The third kappa shape index (κ3) is 4.21. The number of benzene rings is 2. The molecule has 0 aliphatic rings. The molecule has 1 amide bonds. The molecule has 0 radical (unpaired) electrons. The van der Waals surface area contributed by atoms with E-state index in [0.717, 1.165) is 25.1 Å². The highest BCUT2D eigenvalue weighted by molar-refractivity contribution is 5.85. The Bertz CT molecular complexity index is 853. The van der Waals surface area contributed by atoms with E-state index in [1.807, 2.05) is 12.1 Å². The van der Waals surface area contributed by atoms with Gasteiger partial charge in [-0.2, -0.15) is 0 Å². The Labute approximate surface area is 148 Å². The predicted molar refractivity (Wildman–Crippen MR) is 101 cm³/mol. The van der Waals surface area contributed by atoms with Crippen LogP contribution in [0.5, 0.6) is 5.75 Å². The van der Waals surface area contributed by atoms with Gasteiger partial charge in [-0.1, -0.05) is 30.3 Å². The van der Waals surface area contributed by atoms with Crippen molar-refractivity contribution in [2.75, 3.05) is 13.7 Å². The standard InChI is InChI=1S/C21H24N2O2/c1-16(24)22-12-10-18-15-23(13-11-17-6-4-3-5-7-17)21-9-8-19(25-2)14-20(18)21/h3-9,14-15H,10-13H2,1-2H3,(H,22,24). The van der Waals surface area contributed by atoms with Crippen molar-refractivity contribution in [3.63, 3.8) is 0 Å². The zero-order valence-electron chi connectivity index (χ0n) is 14.8. The van der Waals surface area contributed by atoms with Crippen LogP contribution in [0.3, 0.4) is 0 Å². The molecule has 2 aromatic carbocycles. The third-order valence-corrected chi connectivity index (χ3v) is 4.42. The summed E-state index contributed by atoms with van der Waals surface area (Å²) in [5.74, 6) is 0.861. The predicted octanol–water partition coefficient (Wildman–Crippen LogP) is 3.57. The molecular formula is C21H24N2O2. The first kappa shape index (κ1) is 17.1. The third-order valence-electron chi connectivity index (χ3n) is 4.42. The van der Waals surface area contributed by atoms with Crippen LogP contribution >= 0.6 is 0 Å². The average molecular weight is 336 g/mol. The summed E-state index contributed by atoms with van der Waals surface area (Å²) >= 11 is 0. The average Bonchev–Trinajstić information content (AvgIpc) is 2.97. The van der Waals surface area contributed by atoms with Crippen molar-refractivity contribution in [1.82, 2.24) is 9.88 Å². The first-order valence-electron chi connectivity index (χ1n) is 8.61. The monoisotopic (exact) mass is 336 g/mol. The van der Waals surface area contributed by atoms with Crippen LogP contribution in [0.1, 0.15) is 18.1 Å². The minimum absolute atomic E-state index is 0.00500. The number of fused-ring (bicyclic) bond motifs is 1. The van der Waals surface area contributed by atoms with Crippen molar-refractivity contribution in [2.45, 2.75) is 26.3 Å². The molecule has 3 aromatic rings. The summed E-state index contributed by atoms with van der Waals surface area (Å²) in [6.07, 6.45) is 4.00. The molecule has 0 saturated carbocycles. The van der Waals surface area contributed by atoms with Crippen LogP contribution in [0, 0.1) is 0 Å². The smallest absolute Gasteiger partial charge is 0.216 e. The molecule has 0 atom stereocenters. The molecule has 1 N–H and O–H groups in total. The van der Waals surface area contributed by atoms with Gasteiger partial charge in [0.25, 0.3) is 0 Å². The Morgan fingerprint density at radius 3 is 2.64 bits per heavy atom. The van der Waals surface area contributed by atoms with Crippen LogP contribution in [0.25, 0.3) is 10.9 Å². The summed E-state index contributed by atoms with van der Waals surface area (Å²) < 4.78 is 7.68. The molecular weight excluding hydrogens is 312 g/mol. The number of hydrogen-bond donors (Lipinski definition) is 1. The van der Waals surface area contributed by atoms with E-state index in [0.29, 0.717) is 6.54 Å². The number of hydrogen-bond acceptors (Lipinski definition) is 2. The van der Waals surface area contributed by atoms with Crippen molar-refractivity contribution in [3.8, 4) is 5.75 Å². The zero-order valence-corrected chi connectivity index (χ0v) is 14.8. The minimum Gasteiger partial charge on any atom is -0.497 e. The lowest BCUT2D eigenvalue weighted by atomic mass is 10.1. The van der Waals surface area contributed by atoms with Gasteiger partial charge < -0.3 is 14.6 Å². The first-order valence-corrected chi connectivity index (χ1v) is 8.61. The second kappa shape index (κ2) is 7.88. The van der Waals surface area contributed by atoms with Crippen LogP contribution < -0.4 is 10.1 Å². The van der Waals surface area contributed by atoms with Gasteiger partial charge in [-0.25, -0.2) is 0 Å². The van der Waals surface area contributed by atoms with Crippen LogP contribution in [-0.4, -0.2) is 24.1 Å². The summed E-state index contributed by atoms with van der Waals surface area (Å²) in [5.41, 5.74) is 3.77. The van der Waals surface area contributed by atoms with Crippen molar-refractivity contribution in [2.24, 2.45) is 0 Å². The quantitative estimate of drug-likeness (QED) is 0.717. The fraction of sp³-hybridized carbons (Fsp3) is 0.286. The molecule has 0 unspecified atom stereocenters. The molecule has 4 nitrogen and oxygen atoms in total. The number of ether oxygens (including phenoxy) is 1. The number of nitrogens with zero attached hydrogens (tertiary/aromatic N) is 1. The number of amides is 1. The number of aromatic nitrogens is 1. The van der Waals surface area contributed by atoms with E-state index in [1.54, 1.807) is 14.0 Å². The van der Waals surface area contributed by atoms with Gasteiger partial charge in [0, 0.05) is 37.1 Å². The number of nitrogens with one attached hydrogen (secondary N) is 1. The fourth-order valence-corrected chi connectivity index (χ4v) is 3.13. The van der Waals surface area contributed by atoms with Crippen LogP contribution in [0.4, 0.5) is 0 Å². The van der Waals surface area contributed by atoms with Gasteiger partial charge in [0.05, 0.1) is 7.11 Å². The topological polar surface area (TPSA) is 43.3 Å². The summed E-state index contributed by atoms with van der Waals surface area (Å²) in [6.45, 7) is 3.11. The molecule has 4 heteroatoms. The van der Waals surface area contributed by atoms with E-state index in [2.05, 4.69) is 52.5 Å². The summed E-state index contributed by atoms with van der Waals surface area (Å²) in [5, 5.41) is 4.07. The van der Waals surface area contributed by atoms with Crippen molar-refractivity contribution >= 4 is 16.8 Å². The highest BCUT2D eigenvalue weighted by Crippen LogP contribution is 2.26. The van der Waals surface area contributed by atoms with Gasteiger partial charge in [0.15, 0.2) is 0 Å². The van der Waals surface area contributed by atoms with Gasteiger partial charge >= 0.3 is 0 Å². The van der Waals surface area contributed by atoms with Gasteiger partial charge in [0.2, 0.25) is 5.91 Å². The largest absolute Gasteiger partial charge is 0.497 e. The molecule has 0 saturated heterocycles. The number of rotatable bonds is 7. The summed E-state index contributed by atoms with van der Waals surface area (Å²) in [7, 11) is 1.69. The van der Waals surface area contributed by atoms with Crippen LogP contribution in [-0.2, 0) is 24.2 Å². The second-order valence-corrected chi connectivity index (χ2v) is 6.20. The Morgan fingerprint density at radius 2 is 1.92 bits per heavy atom. The van der Waals surface area contributed by atoms with E-state index in [9.17, 15) is 4.79 Å². The second-order valence-electron chi connectivity index (χ2n) is 6.20. The van der Waals surface area contributed by atoms with Crippen LogP contribution in [0.2, 0.25) is 0 Å². The van der Waals surface area contributed by atoms with Crippen LogP contribution in [0.15, 0.2) is 54.7 Å². The van der Waals surface area contributed by atoms with E-state index in [-0.39, 0.29) is 5.91 Å². The SMILES string of the molecule is COc1ccc2c(c1)c(CCNC(C)=O)cn2CCc1ccccc1. The van der Waals surface area contributed by atoms with E-state index in [4.69, 9.17) is 4.74 Å². The molecule has 3 rings (SSSR count). The molecule has 25 heavy (non-hydrogen) atoms. The number of carbonyl (C=O) groups is 1. The fourth-order valence-electron chi connectivity index (χ4n) is 3.13. The lowest BCUT2D eigenvalue weighted by Crippen LogP contribution is -2.22. The Morgan fingerprint density at radius 1 is 1.12 bits per heavy atom. The maximum atomic E-state index is 11.1. The van der Waals surface area contributed by atoms with E-state index >= 15 is 0 Å². The van der Waals surface area contributed by atoms with Crippen molar-refractivity contribution < 1.29 is 9.53 Å². The molecule has 1 aromatic heterocycles. The molecule has 0 fully saturated rings. The lowest BCUT2D eigenvalue weighted by Gasteiger charge is -2.06. The minimum atomic E-state index is 0.00500. The molecule has 0 spiro atoms. The number of methoxy groups -OCH3 is 1. The van der Waals surface area contributed by atoms with E-state index in [1.165, 1.54) is 22.0 Å². The summed E-state index contributed by atoms with van der Waals surface area (Å²) in [4.78, 5) is 11.1. The number of carbonyl (C=O) groups excluding carboxylic acids is 1. The number of aryl methyl sites for hydroxylation is 2. The highest BCUT2D eigenvalue weighted by atomic mass is 16.5.